The third-order valence-electron chi connectivity index (χ3n) is 5.37. The Kier molecular flexibility index (Phi) is 22.4. The maximum absolute atomic E-state index is 10.5. The molecule has 5 heteroatoms. The highest BCUT2D eigenvalue weighted by atomic mass is 16.5. The molecule has 5 nitrogen and oxygen atoms in total. The second-order valence-corrected chi connectivity index (χ2v) is 8.40. The summed E-state index contributed by atoms with van der Waals surface area (Å²) in [6, 6.07) is 9.32. The predicted molar refractivity (Wildman–Crippen MR) is 131 cm³/mol. The van der Waals surface area contributed by atoms with Gasteiger partial charge in [-0.05, 0) is 12.0 Å². The van der Waals surface area contributed by atoms with Crippen molar-refractivity contribution in [1.29, 1.82) is 0 Å². The van der Waals surface area contributed by atoms with Gasteiger partial charge in [0.25, 0.3) is 0 Å². The molecule has 1 aromatic carbocycles. The van der Waals surface area contributed by atoms with Gasteiger partial charge in [-0.15, -0.1) is 0 Å². The Morgan fingerprint density at radius 3 is 1.56 bits per heavy atom. The van der Waals surface area contributed by atoms with Crippen molar-refractivity contribution >= 4 is 11.9 Å². The number of carboxylic acid groups (broad SMARTS) is 1. The molecule has 184 valence electrons. The number of rotatable bonds is 19. The van der Waals surface area contributed by atoms with E-state index < -0.39 is 18.5 Å². The van der Waals surface area contributed by atoms with Crippen LogP contribution in [0.3, 0.4) is 0 Å². The summed E-state index contributed by atoms with van der Waals surface area (Å²) < 4.78 is 4.69. The third kappa shape index (κ3) is 22.8. The van der Waals surface area contributed by atoms with Crippen molar-refractivity contribution < 1.29 is 24.5 Å². The van der Waals surface area contributed by atoms with Gasteiger partial charge in [-0.25, -0.2) is 4.79 Å². The van der Waals surface area contributed by atoms with Crippen LogP contribution in [-0.2, 0) is 20.9 Å². The van der Waals surface area contributed by atoms with Crippen LogP contribution in [0.15, 0.2) is 30.3 Å². The number of hydrogen-bond acceptors (Lipinski definition) is 4. The van der Waals surface area contributed by atoms with Crippen LogP contribution in [0.1, 0.15) is 115 Å². The molecule has 0 fully saturated rings. The SMILES string of the molecule is CCCCCCCCCCCCCCCCCC(=O)O.O=C(CO)OCc1ccccc1. The lowest BCUT2D eigenvalue weighted by Crippen LogP contribution is -2.08. The first-order valence-corrected chi connectivity index (χ1v) is 12.6. The number of aliphatic hydroxyl groups excluding tert-OH is 1. The van der Waals surface area contributed by atoms with Gasteiger partial charge in [-0.1, -0.05) is 127 Å². The molecule has 0 saturated carbocycles. The van der Waals surface area contributed by atoms with E-state index in [0.717, 1.165) is 18.4 Å². The van der Waals surface area contributed by atoms with Crippen molar-refractivity contribution in [3.63, 3.8) is 0 Å². The number of esters is 1. The molecule has 0 spiro atoms. The van der Waals surface area contributed by atoms with Crippen molar-refractivity contribution in [3.05, 3.63) is 35.9 Å². The van der Waals surface area contributed by atoms with E-state index in [1.165, 1.54) is 83.5 Å². The molecule has 0 bridgehead atoms. The first-order valence-electron chi connectivity index (χ1n) is 12.6. The topological polar surface area (TPSA) is 83.8 Å². The molecule has 32 heavy (non-hydrogen) atoms. The first kappa shape index (κ1) is 30.1. The zero-order valence-corrected chi connectivity index (χ0v) is 20.2. The van der Waals surface area contributed by atoms with E-state index in [0.29, 0.717) is 6.42 Å². The fourth-order valence-corrected chi connectivity index (χ4v) is 3.43. The number of ether oxygens (including phenoxy) is 1. The number of aliphatic carboxylic acids is 1. The van der Waals surface area contributed by atoms with Gasteiger partial charge >= 0.3 is 11.9 Å². The Morgan fingerprint density at radius 2 is 1.16 bits per heavy atom. The predicted octanol–water partition coefficient (Wildman–Crippen LogP) is 7.05. The molecule has 1 aromatic rings. The van der Waals surface area contributed by atoms with Gasteiger partial charge in [0.15, 0.2) is 0 Å². The van der Waals surface area contributed by atoms with Crippen LogP contribution in [0, 0.1) is 0 Å². The molecule has 0 unspecified atom stereocenters. The van der Waals surface area contributed by atoms with Crippen molar-refractivity contribution in [3.8, 4) is 0 Å². The van der Waals surface area contributed by atoms with Crippen molar-refractivity contribution in [2.75, 3.05) is 6.61 Å². The highest BCUT2D eigenvalue weighted by Gasteiger charge is 1.99. The summed E-state index contributed by atoms with van der Waals surface area (Å²) >= 11 is 0. The van der Waals surface area contributed by atoms with Crippen LogP contribution < -0.4 is 0 Å². The molecule has 0 aliphatic heterocycles. The summed E-state index contributed by atoms with van der Waals surface area (Å²) in [5, 5.41) is 16.9. The highest BCUT2D eigenvalue weighted by molar-refractivity contribution is 5.70. The number of carbonyl (C=O) groups is 2. The maximum Gasteiger partial charge on any atom is 0.332 e. The van der Waals surface area contributed by atoms with Gasteiger partial charge in [0.1, 0.15) is 13.2 Å². The van der Waals surface area contributed by atoms with Gasteiger partial charge in [0.2, 0.25) is 0 Å². The summed E-state index contributed by atoms with van der Waals surface area (Å²) in [5.41, 5.74) is 0.916. The van der Waals surface area contributed by atoms with Crippen LogP contribution in [0.4, 0.5) is 0 Å². The van der Waals surface area contributed by atoms with Crippen LogP contribution >= 0.6 is 0 Å². The molecule has 0 amide bonds. The Labute approximate surface area is 195 Å². The van der Waals surface area contributed by atoms with Crippen molar-refractivity contribution in [2.45, 2.75) is 116 Å². The lowest BCUT2D eigenvalue weighted by atomic mass is 10.0. The molecular weight excluding hydrogens is 404 g/mol. The molecule has 0 aliphatic carbocycles. The Bertz CT molecular complexity index is 544. The molecule has 0 aromatic heterocycles. The minimum atomic E-state index is -0.653. The summed E-state index contributed by atoms with van der Waals surface area (Å²) in [5.74, 6) is -1.25. The maximum atomic E-state index is 10.5. The van der Waals surface area contributed by atoms with E-state index >= 15 is 0 Å². The molecule has 1 rings (SSSR count). The number of unbranched alkanes of at least 4 members (excludes halogenated alkanes) is 14. The van der Waals surface area contributed by atoms with E-state index in [9.17, 15) is 9.59 Å². The van der Waals surface area contributed by atoms with E-state index in [1.807, 2.05) is 30.3 Å². The average molecular weight is 451 g/mol. The Hall–Kier alpha value is -1.88. The number of benzene rings is 1. The largest absolute Gasteiger partial charge is 0.481 e. The van der Waals surface area contributed by atoms with Crippen molar-refractivity contribution in [2.24, 2.45) is 0 Å². The number of carboxylic acids is 1. The fourth-order valence-electron chi connectivity index (χ4n) is 3.43. The zero-order valence-electron chi connectivity index (χ0n) is 20.2. The highest BCUT2D eigenvalue weighted by Crippen LogP contribution is 2.13. The quantitative estimate of drug-likeness (QED) is 0.174. The normalized spacial score (nSPS) is 10.3. The molecule has 2 N–H and O–H groups in total. The van der Waals surface area contributed by atoms with Gasteiger partial charge < -0.3 is 14.9 Å². The monoisotopic (exact) mass is 450 g/mol. The molecule has 0 saturated heterocycles. The van der Waals surface area contributed by atoms with Crippen LogP contribution in [0.5, 0.6) is 0 Å². The average Bonchev–Trinajstić information content (AvgIpc) is 2.81. The zero-order chi connectivity index (χ0) is 23.7. The first-order chi connectivity index (χ1) is 15.6. The van der Waals surface area contributed by atoms with Crippen LogP contribution in [0.25, 0.3) is 0 Å². The smallest absolute Gasteiger partial charge is 0.332 e. The minimum absolute atomic E-state index is 0.222. The Morgan fingerprint density at radius 1 is 0.719 bits per heavy atom. The second-order valence-electron chi connectivity index (χ2n) is 8.40. The minimum Gasteiger partial charge on any atom is -0.481 e. The number of carbonyl (C=O) groups excluding carboxylic acids is 1. The van der Waals surface area contributed by atoms with E-state index in [4.69, 9.17) is 10.2 Å². The summed E-state index contributed by atoms with van der Waals surface area (Å²) in [6.45, 7) is 1.93. The standard InChI is InChI=1S/C18H36O2.C9H10O3/c1-2-3-4-5-6-7-8-9-10-11-12-13-14-15-16-17-18(19)20;10-6-9(11)12-7-8-4-2-1-3-5-8/h2-17H2,1H3,(H,19,20);1-5,10H,6-7H2. The van der Waals surface area contributed by atoms with Gasteiger partial charge in [0, 0.05) is 6.42 Å². The van der Waals surface area contributed by atoms with Gasteiger partial charge in [0.05, 0.1) is 0 Å². The molecule has 0 atom stereocenters. The summed E-state index contributed by atoms with van der Waals surface area (Å²) in [4.78, 5) is 20.8. The van der Waals surface area contributed by atoms with Gasteiger partial charge in [-0.2, -0.15) is 0 Å². The molecule has 0 heterocycles. The lowest BCUT2D eigenvalue weighted by Gasteiger charge is -2.03. The van der Waals surface area contributed by atoms with Gasteiger partial charge in [-0.3, -0.25) is 4.79 Å². The molecule has 0 aliphatic rings. The second kappa shape index (κ2) is 23.8. The summed E-state index contributed by atoms with van der Waals surface area (Å²) in [6.07, 6.45) is 20.2. The van der Waals surface area contributed by atoms with E-state index in [1.54, 1.807) is 0 Å². The summed E-state index contributed by atoms with van der Waals surface area (Å²) in [7, 11) is 0. The fraction of sp³-hybridized carbons (Fsp3) is 0.704. The number of hydrogen-bond donors (Lipinski definition) is 2. The number of aliphatic hydroxyl groups is 1. The van der Waals surface area contributed by atoms with Crippen molar-refractivity contribution in [1.82, 2.24) is 0 Å². The lowest BCUT2D eigenvalue weighted by molar-refractivity contribution is -0.148. The third-order valence-corrected chi connectivity index (χ3v) is 5.37. The van der Waals surface area contributed by atoms with Crippen LogP contribution in [-0.4, -0.2) is 28.8 Å². The van der Waals surface area contributed by atoms with E-state index in [2.05, 4.69) is 11.7 Å². The Balaban J connectivity index is 0.000000677. The van der Waals surface area contributed by atoms with Crippen LogP contribution in [0.2, 0.25) is 0 Å². The molecule has 0 radical (unpaired) electrons. The van der Waals surface area contributed by atoms with E-state index in [-0.39, 0.29) is 6.61 Å². The molecular formula is C27H46O5.